The van der Waals surface area contributed by atoms with Crippen molar-refractivity contribution in [1.29, 1.82) is 0 Å². The topological polar surface area (TPSA) is 52.9 Å². The van der Waals surface area contributed by atoms with E-state index in [9.17, 15) is 4.79 Å². The number of rotatable bonds is 3. The number of nitrogens with zero attached hydrogens (tertiary/aromatic N) is 2. The van der Waals surface area contributed by atoms with Gasteiger partial charge in [-0.2, -0.15) is 0 Å². The maximum absolute atomic E-state index is 11.5. The van der Waals surface area contributed by atoms with Gasteiger partial charge in [-0.1, -0.05) is 6.42 Å². The Balaban J connectivity index is 1.93. The van der Waals surface area contributed by atoms with Crippen LogP contribution < -0.4 is 11.4 Å². The number of aryl methyl sites for hydroxylation is 2. The van der Waals surface area contributed by atoms with Crippen molar-refractivity contribution in [2.45, 2.75) is 38.3 Å². The highest BCUT2D eigenvalue weighted by Crippen LogP contribution is 2.26. The SMILES string of the molecule is Cn1ccn(CCC2CCCC2N)c1=O. The number of hydrogen-bond acceptors (Lipinski definition) is 2. The van der Waals surface area contributed by atoms with Crippen LogP contribution in [0.15, 0.2) is 17.2 Å². The molecule has 1 aliphatic carbocycles. The summed E-state index contributed by atoms with van der Waals surface area (Å²) in [5.41, 5.74) is 6.06. The Bertz CT molecular complexity index is 379. The Morgan fingerprint density at radius 1 is 1.47 bits per heavy atom. The summed E-state index contributed by atoms with van der Waals surface area (Å²) in [5, 5.41) is 0. The van der Waals surface area contributed by atoms with Crippen molar-refractivity contribution < 1.29 is 0 Å². The molecule has 2 atom stereocenters. The third-order valence-electron chi connectivity index (χ3n) is 3.48. The van der Waals surface area contributed by atoms with Crippen LogP contribution in [-0.4, -0.2) is 15.2 Å². The van der Waals surface area contributed by atoms with E-state index >= 15 is 0 Å². The molecule has 0 bridgehead atoms. The van der Waals surface area contributed by atoms with E-state index in [2.05, 4.69) is 0 Å². The first kappa shape index (κ1) is 10.5. The number of imidazole rings is 1. The normalized spacial score (nSPS) is 26.0. The first-order chi connectivity index (χ1) is 7.18. The molecular weight excluding hydrogens is 190 g/mol. The third-order valence-corrected chi connectivity index (χ3v) is 3.48. The van der Waals surface area contributed by atoms with Crippen LogP contribution in [0.2, 0.25) is 0 Å². The van der Waals surface area contributed by atoms with Gasteiger partial charge in [0.05, 0.1) is 0 Å². The Labute approximate surface area is 89.7 Å². The van der Waals surface area contributed by atoms with Crippen LogP contribution in [0.4, 0.5) is 0 Å². The van der Waals surface area contributed by atoms with Crippen LogP contribution in [-0.2, 0) is 13.6 Å². The minimum absolute atomic E-state index is 0.0709. The number of aromatic nitrogens is 2. The molecule has 4 nitrogen and oxygen atoms in total. The molecule has 1 heterocycles. The molecule has 1 aromatic heterocycles. The molecule has 15 heavy (non-hydrogen) atoms. The highest BCUT2D eigenvalue weighted by Gasteiger charge is 2.23. The van der Waals surface area contributed by atoms with Gasteiger partial charge in [0, 0.05) is 32.0 Å². The van der Waals surface area contributed by atoms with E-state index in [1.165, 1.54) is 12.8 Å². The minimum Gasteiger partial charge on any atom is -0.327 e. The number of nitrogens with two attached hydrogens (primary N) is 1. The smallest absolute Gasteiger partial charge is 0.327 e. The average molecular weight is 209 g/mol. The third kappa shape index (κ3) is 2.15. The summed E-state index contributed by atoms with van der Waals surface area (Å²) in [6.45, 7) is 0.804. The molecule has 0 aromatic carbocycles. The molecule has 84 valence electrons. The van der Waals surface area contributed by atoms with Gasteiger partial charge >= 0.3 is 5.69 Å². The number of hydrogen-bond donors (Lipinski definition) is 1. The van der Waals surface area contributed by atoms with Gasteiger partial charge in [-0.05, 0) is 25.2 Å². The van der Waals surface area contributed by atoms with Gasteiger partial charge in [0.1, 0.15) is 0 Å². The molecule has 0 radical (unpaired) electrons. The summed E-state index contributed by atoms with van der Waals surface area (Å²) in [6.07, 6.45) is 8.30. The predicted octanol–water partition coefficient (Wildman–Crippen LogP) is 0.704. The maximum atomic E-state index is 11.5. The van der Waals surface area contributed by atoms with Gasteiger partial charge < -0.3 is 10.3 Å². The average Bonchev–Trinajstić information content (AvgIpc) is 2.74. The van der Waals surface area contributed by atoms with E-state index in [-0.39, 0.29) is 5.69 Å². The predicted molar refractivity (Wildman–Crippen MR) is 59.6 cm³/mol. The second kappa shape index (κ2) is 4.23. The Kier molecular flexibility index (Phi) is 2.95. The van der Waals surface area contributed by atoms with E-state index < -0.39 is 0 Å². The van der Waals surface area contributed by atoms with Gasteiger partial charge in [-0.3, -0.25) is 4.57 Å². The summed E-state index contributed by atoms with van der Waals surface area (Å²) in [6, 6.07) is 0.351. The van der Waals surface area contributed by atoms with Crippen molar-refractivity contribution >= 4 is 0 Å². The van der Waals surface area contributed by atoms with E-state index in [0.717, 1.165) is 19.4 Å². The summed E-state index contributed by atoms with van der Waals surface area (Å²) >= 11 is 0. The van der Waals surface area contributed by atoms with Crippen molar-refractivity contribution in [2.75, 3.05) is 0 Å². The van der Waals surface area contributed by atoms with Crippen LogP contribution in [0.25, 0.3) is 0 Å². The maximum Gasteiger partial charge on any atom is 0.327 e. The van der Waals surface area contributed by atoms with Crippen LogP contribution in [0.3, 0.4) is 0 Å². The Morgan fingerprint density at radius 3 is 2.80 bits per heavy atom. The second-order valence-electron chi connectivity index (χ2n) is 4.53. The van der Waals surface area contributed by atoms with E-state index in [1.54, 1.807) is 22.4 Å². The van der Waals surface area contributed by atoms with Gasteiger partial charge in [0.2, 0.25) is 0 Å². The zero-order valence-electron chi connectivity index (χ0n) is 9.22. The van der Waals surface area contributed by atoms with E-state index in [4.69, 9.17) is 5.73 Å². The molecule has 1 fully saturated rings. The van der Waals surface area contributed by atoms with Crippen molar-refractivity contribution in [2.24, 2.45) is 18.7 Å². The largest absolute Gasteiger partial charge is 0.327 e. The summed E-state index contributed by atoms with van der Waals surface area (Å²) in [4.78, 5) is 11.5. The molecule has 0 saturated heterocycles. The second-order valence-corrected chi connectivity index (χ2v) is 4.53. The monoisotopic (exact) mass is 209 g/mol. The van der Waals surface area contributed by atoms with E-state index in [1.807, 2.05) is 6.20 Å². The van der Waals surface area contributed by atoms with Crippen molar-refractivity contribution in [3.05, 3.63) is 22.9 Å². The lowest BCUT2D eigenvalue weighted by Gasteiger charge is -2.14. The molecule has 1 saturated carbocycles. The lowest BCUT2D eigenvalue weighted by molar-refractivity contribution is 0.411. The molecule has 0 aliphatic heterocycles. The Morgan fingerprint density at radius 2 is 2.27 bits per heavy atom. The highest BCUT2D eigenvalue weighted by molar-refractivity contribution is 4.83. The summed E-state index contributed by atoms with van der Waals surface area (Å²) in [5.74, 6) is 0.608. The molecule has 0 amide bonds. The first-order valence-electron chi connectivity index (χ1n) is 5.66. The molecule has 1 aliphatic rings. The molecule has 1 aromatic rings. The van der Waals surface area contributed by atoms with Crippen LogP contribution >= 0.6 is 0 Å². The fourth-order valence-corrected chi connectivity index (χ4v) is 2.41. The summed E-state index contributed by atoms with van der Waals surface area (Å²) in [7, 11) is 1.78. The quantitative estimate of drug-likeness (QED) is 0.797. The highest BCUT2D eigenvalue weighted by atomic mass is 16.1. The van der Waals surface area contributed by atoms with Gasteiger partial charge in [0.25, 0.3) is 0 Å². The Hall–Kier alpha value is -1.03. The molecule has 2 unspecified atom stereocenters. The van der Waals surface area contributed by atoms with Crippen LogP contribution in [0.1, 0.15) is 25.7 Å². The van der Waals surface area contributed by atoms with Crippen molar-refractivity contribution in [3.8, 4) is 0 Å². The lowest BCUT2D eigenvalue weighted by atomic mass is 10.0. The van der Waals surface area contributed by atoms with Gasteiger partial charge in [-0.15, -0.1) is 0 Å². The molecule has 0 spiro atoms. The molecule has 2 rings (SSSR count). The zero-order valence-corrected chi connectivity index (χ0v) is 9.22. The van der Waals surface area contributed by atoms with Gasteiger partial charge in [-0.25, -0.2) is 4.79 Å². The molecular formula is C11H19N3O. The standard InChI is InChI=1S/C11H19N3O/c1-13-7-8-14(11(13)15)6-5-9-3-2-4-10(9)12/h7-10H,2-6,12H2,1H3. The minimum atomic E-state index is 0.0709. The van der Waals surface area contributed by atoms with Crippen LogP contribution in [0.5, 0.6) is 0 Å². The fraction of sp³-hybridized carbons (Fsp3) is 0.727. The molecule has 4 heteroatoms. The van der Waals surface area contributed by atoms with E-state index in [0.29, 0.717) is 12.0 Å². The van der Waals surface area contributed by atoms with Crippen molar-refractivity contribution in [1.82, 2.24) is 9.13 Å². The molecule has 2 N–H and O–H groups in total. The van der Waals surface area contributed by atoms with Crippen molar-refractivity contribution in [3.63, 3.8) is 0 Å². The summed E-state index contributed by atoms with van der Waals surface area (Å²) < 4.78 is 3.37. The van der Waals surface area contributed by atoms with Gasteiger partial charge in [0.15, 0.2) is 0 Å². The zero-order chi connectivity index (χ0) is 10.8. The lowest BCUT2D eigenvalue weighted by Crippen LogP contribution is -2.27. The first-order valence-corrected chi connectivity index (χ1v) is 5.66. The van der Waals surface area contributed by atoms with Crippen LogP contribution in [0, 0.1) is 5.92 Å². The fourth-order valence-electron chi connectivity index (χ4n) is 2.41.